The Labute approximate surface area is 144 Å². The number of carbonyl (C=O) groups excluding carboxylic acids is 2. The SMILES string of the molecule is CCN(CC)C(=O)c1ccc(C(=O)NC2CCCCC2CN)cc1. The lowest BCUT2D eigenvalue weighted by Crippen LogP contribution is -2.44. The van der Waals surface area contributed by atoms with E-state index in [1.54, 1.807) is 29.2 Å². The molecule has 5 nitrogen and oxygen atoms in total. The molecular formula is C19H29N3O2. The van der Waals surface area contributed by atoms with Gasteiger partial charge in [-0.3, -0.25) is 9.59 Å². The molecule has 0 aromatic heterocycles. The summed E-state index contributed by atoms with van der Waals surface area (Å²) in [5.74, 6) is 0.288. The molecule has 0 aliphatic heterocycles. The molecule has 1 saturated carbocycles. The predicted octanol–water partition coefficient (Wildman–Crippen LogP) is 2.42. The fourth-order valence-electron chi connectivity index (χ4n) is 3.39. The Morgan fingerprint density at radius 1 is 1.08 bits per heavy atom. The van der Waals surface area contributed by atoms with Gasteiger partial charge >= 0.3 is 0 Å². The fraction of sp³-hybridized carbons (Fsp3) is 0.579. The predicted molar refractivity (Wildman–Crippen MR) is 96.0 cm³/mol. The lowest BCUT2D eigenvalue weighted by atomic mass is 9.84. The van der Waals surface area contributed by atoms with Gasteiger partial charge in [0.1, 0.15) is 0 Å². The van der Waals surface area contributed by atoms with Crippen LogP contribution in [0.25, 0.3) is 0 Å². The van der Waals surface area contributed by atoms with Crippen molar-refractivity contribution in [1.82, 2.24) is 10.2 Å². The van der Waals surface area contributed by atoms with E-state index in [0.717, 1.165) is 19.3 Å². The smallest absolute Gasteiger partial charge is 0.253 e. The summed E-state index contributed by atoms with van der Waals surface area (Å²) in [4.78, 5) is 26.5. The van der Waals surface area contributed by atoms with Crippen molar-refractivity contribution in [2.75, 3.05) is 19.6 Å². The number of hydrogen-bond acceptors (Lipinski definition) is 3. The second kappa shape index (κ2) is 8.83. The summed E-state index contributed by atoms with van der Waals surface area (Å²) in [5, 5.41) is 3.12. The summed E-state index contributed by atoms with van der Waals surface area (Å²) in [5.41, 5.74) is 7.03. The number of rotatable bonds is 6. The average Bonchev–Trinajstić information content (AvgIpc) is 2.63. The highest BCUT2D eigenvalue weighted by Gasteiger charge is 2.25. The van der Waals surface area contributed by atoms with Gasteiger partial charge in [-0.15, -0.1) is 0 Å². The van der Waals surface area contributed by atoms with Crippen LogP contribution in [0, 0.1) is 5.92 Å². The van der Waals surface area contributed by atoms with Gasteiger partial charge in [0.15, 0.2) is 0 Å². The Kier molecular flexibility index (Phi) is 6.79. The highest BCUT2D eigenvalue weighted by molar-refractivity contribution is 5.97. The number of nitrogens with one attached hydrogen (secondary N) is 1. The molecule has 0 radical (unpaired) electrons. The van der Waals surface area contributed by atoms with Crippen molar-refractivity contribution in [2.24, 2.45) is 11.7 Å². The van der Waals surface area contributed by atoms with Crippen LogP contribution in [0.3, 0.4) is 0 Å². The van der Waals surface area contributed by atoms with Crippen LogP contribution >= 0.6 is 0 Å². The third-order valence-electron chi connectivity index (χ3n) is 4.97. The average molecular weight is 331 g/mol. The second-order valence-electron chi connectivity index (χ2n) is 6.41. The van der Waals surface area contributed by atoms with E-state index in [0.29, 0.717) is 36.7 Å². The number of carbonyl (C=O) groups is 2. The summed E-state index contributed by atoms with van der Waals surface area (Å²) in [6.45, 7) is 5.89. The first-order chi connectivity index (χ1) is 11.6. The standard InChI is InChI=1S/C19H29N3O2/c1-3-22(4-2)19(24)15-11-9-14(10-12-15)18(23)21-17-8-6-5-7-16(17)13-20/h9-12,16-17H,3-8,13,20H2,1-2H3,(H,21,23). The third-order valence-corrected chi connectivity index (χ3v) is 4.97. The molecule has 3 N–H and O–H groups in total. The Balaban J connectivity index is 2.02. The zero-order chi connectivity index (χ0) is 17.5. The molecule has 2 amide bonds. The first-order valence-corrected chi connectivity index (χ1v) is 9.00. The van der Waals surface area contributed by atoms with Crippen LogP contribution < -0.4 is 11.1 Å². The summed E-state index contributed by atoms with van der Waals surface area (Å²) < 4.78 is 0. The normalized spacial score (nSPS) is 20.5. The number of amides is 2. The Bertz CT molecular complexity index is 552. The Morgan fingerprint density at radius 2 is 1.67 bits per heavy atom. The van der Waals surface area contributed by atoms with E-state index in [4.69, 9.17) is 5.73 Å². The number of benzene rings is 1. The molecule has 132 valence electrons. The van der Waals surface area contributed by atoms with Crippen molar-refractivity contribution in [2.45, 2.75) is 45.6 Å². The lowest BCUT2D eigenvalue weighted by Gasteiger charge is -2.31. The van der Waals surface area contributed by atoms with Crippen LogP contribution in [-0.4, -0.2) is 42.4 Å². The van der Waals surface area contributed by atoms with E-state index in [1.165, 1.54) is 6.42 Å². The van der Waals surface area contributed by atoms with Crippen molar-refractivity contribution >= 4 is 11.8 Å². The molecule has 0 heterocycles. The van der Waals surface area contributed by atoms with E-state index in [2.05, 4.69) is 5.32 Å². The molecule has 2 rings (SSSR count). The number of hydrogen-bond donors (Lipinski definition) is 2. The van der Waals surface area contributed by atoms with Gasteiger partial charge in [-0.25, -0.2) is 0 Å². The van der Waals surface area contributed by atoms with E-state index in [-0.39, 0.29) is 17.9 Å². The van der Waals surface area contributed by atoms with Crippen LogP contribution in [0.1, 0.15) is 60.2 Å². The topological polar surface area (TPSA) is 75.4 Å². The van der Waals surface area contributed by atoms with Crippen molar-refractivity contribution in [3.8, 4) is 0 Å². The molecule has 24 heavy (non-hydrogen) atoms. The van der Waals surface area contributed by atoms with Crippen molar-refractivity contribution in [1.29, 1.82) is 0 Å². The van der Waals surface area contributed by atoms with Crippen LogP contribution in [0.5, 0.6) is 0 Å². The Hall–Kier alpha value is -1.88. The Morgan fingerprint density at radius 3 is 2.25 bits per heavy atom. The first kappa shape index (κ1) is 18.5. The molecule has 1 aliphatic carbocycles. The van der Waals surface area contributed by atoms with Gasteiger partial charge in [-0.05, 0) is 63.4 Å². The van der Waals surface area contributed by atoms with Crippen molar-refractivity contribution in [3.63, 3.8) is 0 Å². The van der Waals surface area contributed by atoms with Gasteiger partial charge in [-0.2, -0.15) is 0 Å². The second-order valence-corrected chi connectivity index (χ2v) is 6.41. The molecular weight excluding hydrogens is 302 g/mol. The molecule has 1 fully saturated rings. The third kappa shape index (κ3) is 4.35. The maximum absolute atomic E-state index is 12.5. The zero-order valence-corrected chi connectivity index (χ0v) is 14.8. The molecule has 1 aliphatic rings. The highest BCUT2D eigenvalue weighted by atomic mass is 16.2. The molecule has 1 aromatic carbocycles. The van der Waals surface area contributed by atoms with Crippen LogP contribution in [0.4, 0.5) is 0 Å². The van der Waals surface area contributed by atoms with Gasteiger partial charge in [0.2, 0.25) is 0 Å². The van der Waals surface area contributed by atoms with E-state index < -0.39 is 0 Å². The zero-order valence-electron chi connectivity index (χ0n) is 14.8. The molecule has 0 bridgehead atoms. The maximum atomic E-state index is 12.5. The van der Waals surface area contributed by atoms with E-state index in [9.17, 15) is 9.59 Å². The largest absolute Gasteiger partial charge is 0.349 e. The minimum atomic E-state index is -0.0813. The van der Waals surface area contributed by atoms with Gasteiger partial charge in [0.25, 0.3) is 11.8 Å². The number of nitrogens with two attached hydrogens (primary N) is 1. The summed E-state index contributed by atoms with van der Waals surface area (Å²) in [6, 6.07) is 7.08. The molecule has 5 heteroatoms. The van der Waals surface area contributed by atoms with Gasteiger partial charge in [0, 0.05) is 30.3 Å². The minimum Gasteiger partial charge on any atom is -0.349 e. The van der Waals surface area contributed by atoms with Crippen molar-refractivity contribution in [3.05, 3.63) is 35.4 Å². The monoisotopic (exact) mass is 331 g/mol. The minimum absolute atomic E-state index is 0.00225. The van der Waals surface area contributed by atoms with Crippen molar-refractivity contribution < 1.29 is 9.59 Å². The summed E-state index contributed by atoms with van der Waals surface area (Å²) in [7, 11) is 0. The van der Waals surface area contributed by atoms with Gasteiger partial charge < -0.3 is 16.0 Å². The highest BCUT2D eigenvalue weighted by Crippen LogP contribution is 2.23. The van der Waals surface area contributed by atoms with Crippen LogP contribution in [-0.2, 0) is 0 Å². The number of nitrogens with zero attached hydrogens (tertiary/aromatic N) is 1. The summed E-state index contributed by atoms with van der Waals surface area (Å²) in [6.07, 6.45) is 4.40. The summed E-state index contributed by atoms with van der Waals surface area (Å²) >= 11 is 0. The molecule has 2 atom stereocenters. The van der Waals surface area contributed by atoms with Crippen LogP contribution in [0.2, 0.25) is 0 Å². The lowest BCUT2D eigenvalue weighted by molar-refractivity contribution is 0.0772. The molecule has 0 spiro atoms. The molecule has 1 aromatic rings. The van der Waals surface area contributed by atoms with E-state index >= 15 is 0 Å². The quantitative estimate of drug-likeness (QED) is 0.840. The fourth-order valence-corrected chi connectivity index (χ4v) is 3.39. The van der Waals surface area contributed by atoms with E-state index in [1.807, 2.05) is 13.8 Å². The molecule has 0 saturated heterocycles. The van der Waals surface area contributed by atoms with Gasteiger partial charge in [0.05, 0.1) is 0 Å². The molecule has 2 unspecified atom stereocenters. The maximum Gasteiger partial charge on any atom is 0.253 e. The van der Waals surface area contributed by atoms with Gasteiger partial charge in [-0.1, -0.05) is 12.8 Å². The first-order valence-electron chi connectivity index (χ1n) is 9.00. The van der Waals surface area contributed by atoms with Crippen LogP contribution in [0.15, 0.2) is 24.3 Å².